The lowest BCUT2D eigenvalue weighted by Gasteiger charge is -2.18. The van der Waals surface area contributed by atoms with Crippen molar-refractivity contribution in [2.24, 2.45) is 0 Å². The number of hydrogen-bond donors (Lipinski definition) is 1. The summed E-state index contributed by atoms with van der Waals surface area (Å²) in [7, 11) is 1.44. The molecular weight excluding hydrogens is 381 g/mol. The van der Waals surface area contributed by atoms with Gasteiger partial charge in [-0.1, -0.05) is 54.6 Å². The molecule has 0 aliphatic carbocycles. The van der Waals surface area contributed by atoms with Gasteiger partial charge in [-0.2, -0.15) is 13.2 Å². The van der Waals surface area contributed by atoms with E-state index >= 15 is 0 Å². The zero-order chi connectivity index (χ0) is 21.0. The number of nitrogens with zero attached hydrogens (tertiary/aromatic N) is 1. The number of alkyl halides is 3. The maximum absolute atomic E-state index is 13.0. The van der Waals surface area contributed by atoms with E-state index in [1.165, 1.54) is 30.1 Å². The van der Waals surface area contributed by atoms with Crippen molar-refractivity contribution in [3.63, 3.8) is 0 Å². The molecule has 0 aliphatic rings. The first kappa shape index (κ1) is 20.4. The van der Waals surface area contributed by atoms with Gasteiger partial charge in [0.05, 0.1) is 24.2 Å². The number of amides is 2. The number of benzene rings is 3. The largest absolute Gasteiger partial charge is 0.418 e. The molecule has 0 saturated heterocycles. The molecule has 0 fully saturated rings. The molecule has 0 bridgehead atoms. The summed E-state index contributed by atoms with van der Waals surface area (Å²) in [5.74, 6) is -1.00. The SMILES string of the molecule is CN(CC(=O)Nc1ccccc1C(F)(F)F)C(=O)Cc1ccc2ccccc2c1. The highest BCUT2D eigenvalue weighted by Crippen LogP contribution is 2.34. The number of para-hydroxylation sites is 1. The van der Waals surface area contributed by atoms with Gasteiger partial charge in [0, 0.05) is 7.05 Å². The van der Waals surface area contributed by atoms with Crippen molar-refractivity contribution in [3.05, 3.63) is 77.9 Å². The van der Waals surface area contributed by atoms with E-state index in [-0.39, 0.29) is 24.6 Å². The van der Waals surface area contributed by atoms with Gasteiger partial charge in [0.15, 0.2) is 0 Å². The van der Waals surface area contributed by atoms with Gasteiger partial charge in [0.1, 0.15) is 0 Å². The monoisotopic (exact) mass is 400 g/mol. The number of likely N-dealkylation sites (N-methyl/N-ethyl adjacent to an activating group) is 1. The summed E-state index contributed by atoms with van der Waals surface area (Å²) in [6.45, 7) is -0.349. The van der Waals surface area contributed by atoms with Crippen LogP contribution in [0, 0.1) is 0 Å². The lowest BCUT2D eigenvalue weighted by molar-refractivity contribution is -0.137. The molecule has 0 spiro atoms. The molecule has 0 unspecified atom stereocenters. The van der Waals surface area contributed by atoms with E-state index in [1.54, 1.807) is 0 Å². The van der Waals surface area contributed by atoms with E-state index in [0.717, 1.165) is 22.4 Å². The van der Waals surface area contributed by atoms with Gasteiger partial charge in [0.25, 0.3) is 0 Å². The second-order valence-electron chi connectivity index (χ2n) is 6.70. The van der Waals surface area contributed by atoms with Crippen LogP contribution in [-0.2, 0) is 22.2 Å². The Bertz CT molecular complexity index is 1050. The molecule has 0 saturated carbocycles. The third kappa shape index (κ3) is 5.13. The third-order valence-corrected chi connectivity index (χ3v) is 4.48. The molecule has 0 aromatic heterocycles. The van der Waals surface area contributed by atoms with E-state index in [2.05, 4.69) is 5.32 Å². The number of carbonyl (C=O) groups excluding carboxylic acids is 2. The first-order valence-corrected chi connectivity index (χ1v) is 8.92. The summed E-state index contributed by atoms with van der Waals surface area (Å²) >= 11 is 0. The van der Waals surface area contributed by atoms with E-state index in [1.807, 2.05) is 42.5 Å². The van der Waals surface area contributed by atoms with Crippen molar-refractivity contribution < 1.29 is 22.8 Å². The second-order valence-corrected chi connectivity index (χ2v) is 6.70. The normalized spacial score (nSPS) is 11.3. The highest BCUT2D eigenvalue weighted by atomic mass is 19.4. The van der Waals surface area contributed by atoms with Gasteiger partial charge in [-0.25, -0.2) is 0 Å². The Labute approximate surface area is 165 Å². The van der Waals surface area contributed by atoms with Crippen LogP contribution < -0.4 is 5.32 Å². The molecule has 0 aliphatic heterocycles. The van der Waals surface area contributed by atoms with Crippen LogP contribution in [0.1, 0.15) is 11.1 Å². The quantitative estimate of drug-likeness (QED) is 0.686. The summed E-state index contributed by atoms with van der Waals surface area (Å²) in [6.07, 6.45) is -4.49. The fourth-order valence-corrected chi connectivity index (χ4v) is 2.99. The predicted octanol–water partition coefficient (Wildman–Crippen LogP) is 4.50. The minimum absolute atomic E-state index is 0.0910. The summed E-state index contributed by atoms with van der Waals surface area (Å²) in [6, 6.07) is 18.1. The molecule has 4 nitrogen and oxygen atoms in total. The van der Waals surface area contributed by atoms with Crippen molar-refractivity contribution in [1.82, 2.24) is 4.90 Å². The lowest BCUT2D eigenvalue weighted by atomic mass is 10.0. The van der Waals surface area contributed by atoms with Crippen LogP contribution in [0.3, 0.4) is 0 Å². The maximum Gasteiger partial charge on any atom is 0.418 e. The van der Waals surface area contributed by atoms with Gasteiger partial charge < -0.3 is 10.2 Å². The molecule has 3 aromatic carbocycles. The first-order chi connectivity index (χ1) is 13.7. The summed E-state index contributed by atoms with van der Waals surface area (Å²) in [5.41, 5.74) is -0.470. The Kier molecular flexibility index (Phi) is 5.87. The molecule has 2 amide bonds. The minimum Gasteiger partial charge on any atom is -0.336 e. The van der Waals surface area contributed by atoms with Gasteiger partial charge >= 0.3 is 6.18 Å². The Hall–Kier alpha value is -3.35. The fourth-order valence-electron chi connectivity index (χ4n) is 2.99. The van der Waals surface area contributed by atoms with Gasteiger partial charge in [-0.05, 0) is 28.5 Å². The highest BCUT2D eigenvalue weighted by Gasteiger charge is 2.33. The predicted molar refractivity (Wildman–Crippen MR) is 105 cm³/mol. The van der Waals surface area contributed by atoms with Crippen molar-refractivity contribution in [2.75, 3.05) is 18.9 Å². The highest BCUT2D eigenvalue weighted by molar-refractivity contribution is 5.95. The average Bonchev–Trinajstić information content (AvgIpc) is 2.67. The summed E-state index contributed by atoms with van der Waals surface area (Å²) in [5, 5.41) is 4.30. The number of rotatable bonds is 5. The van der Waals surface area contributed by atoms with E-state index in [4.69, 9.17) is 0 Å². The lowest BCUT2D eigenvalue weighted by Crippen LogP contribution is -2.36. The molecular formula is C22H19F3N2O2. The number of carbonyl (C=O) groups is 2. The summed E-state index contributed by atoms with van der Waals surface area (Å²) < 4.78 is 39.1. The molecule has 1 N–H and O–H groups in total. The second kappa shape index (κ2) is 8.34. The van der Waals surface area contributed by atoms with Crippen LogP contribution in [0.15, 0.2) is 66.7 Å². The van der Waals surface area contributed by atoms with Crippen molar-refractivity contribution in [3.8, 4) is 0 Å². The zero-order valence-electron chi connectivity index (χ0n) is 15.7. The van der Waals surface area contributed by atoms with Crippen LogP contribution >= 0.6 is 0 Å². The van der Waals surface area contributed by atoms with Gasteiger partial charge in [0.2, 0.25) is 11.8 Å². The Morgan fingerprint density at radius 3 is 2.31 bits per heavy atom. The van der Waals surface area contributed by atoms with Crippen LogP contribution in [0.5, 0.6) is 0 Å². The molecule has 3 aromatic rings. The average molecular weight is 400 g/mol. The van der Waals surface area contributed by atoms with Crippen LogP contribution in [-0.4, -0.2) is 30.3 Å². The van der Waals surface area contributed by atoms with E-state index in [0.29, 0.717) is 0 Å². The first-order valence-electron chi connectivity index (χ1n) is 8.92. The van der Waals surface area contributed by atoms with Gasteiger partial charge in [-0.3, -0.25) is 9.59 Å². The number of halogens is 3. The smallest absolute Gasteiger partial charge is 0.336 e. The van der Waals surface area contributed by atoms with Gasteiger partial charge in [-0.15, -0.1) is 0 Å². The fraction of sp³-hybridized carbons (Fsp3) is 0.182. The Morgan fingerprint density at radius 2 is 1.59 bits per heavy atom. The Morgan fingerprint density at radius 1 is 0.931 bits per heavy atom. The molecule has 150 valence electrons. The van der Waals surface area contributed by atoms with Crippen molar-refractivity contribution >= 4 is 28.3 Å². The minimum atomic E-state index is -4.58. The third-order valence-electron chi connectivity index (χ3n) is 4.48. The molecule has 7 heteroatoms. The molecule has 3 rings (SSSR count). The van der Waals surface area contributed by atoms with E-state index < -0.39 is 17.6 Å². The molecule has 0 heterocycles. The number of anilines is 1. The summed E-state index contributed by atoms with van der Waals surface area (Å²) in [4.78, 5) is 25.8. The van der Waals surface area contributed by atoms with Crippen LogP contribution in [0.25, 0.3) is 10.8 Å². The van der Waals surface area contributed by atoms with E-state index in [9.17, 15) is 22.8 Å². The molecule has 29 heavy (non-hydrogen) atoms. The molecule has 0 atom stereocenters. The van der Waals surface area contributed by atoms with Crippen molar-refractivity contribution in [1.29, 1.82) is 0 Å². The van der Waals surface area contributed by atoms with Crippen molar-refractivity contribution in [2.45, 2.75) is 12.6 Å². The Balaban J connectivity index is 1.63. The number of hydrogen-bond acceptors (Lipinski definition) is 2. The molecule has 0 radical (unpaired) electrons. The zero-order valence-corrected chi connectivity index (χ0v) is 15.7. The number of nitrogens with one attached hydrogen (secondary N) is 1. The standard InChI is InChI=1S/C22H19F3N2O2/c1-27(14-20(28)26-19-9-5-4-8-18(19)22(23,24)25)21(29)13-15-10-11-16-6-2-3-7-17(16)12-15/h2-12H,13-14H2,1H3,(H,26,28). The topological polar surface area (TPSA) is 49.4 Å². The van der Waals surface area contributed by atoms with Crippen LogP contribution in [0.2, 0.25) is 0 Å². The van der Waals surface area contributed by atoms with Crippen LogP contribution in [0.4, 0.5) is 18.9 Å². The number of fused-ring (bicyclic) bond motifs is 1. The maximum atomic E-state index is 13.0.